The van der Waals surface area contributed by atoms with Crippen LogP contribution in [0.5, 0.6) is 0 Å². The van der Waals surface area contributed by atoms with Crippen molar-refractivity contribution < 1.29 is 9.53 Å². The average molecular weight is 367 g/mol. The molecule has 3 aromatic rings. The number of morpholine rings is 1. The quantitative estimate of drug-likeness (QED) is 0.675. The van der Waals surface area contributed by atoms with Crippen LogP contribution in [-0.2, 0) is 16.1 Å². The number of rotatable bonds is 6. The van der Waals surface area contributed by atoms with Crippen LogP contribution >= 0.6 is 0 Å². The Bertz CT molecular complexity index is 933. The van der Waals surface area contributed by atoms with E-state index < -0.39 is 0 Å². The van der Waals surface area contributed by atoms with Gasteiger partial charge in [-0.2, -0.15) is 4.98 Å². The van der Waals surface area contributed by atoms with Crippen molar-refractivity contribution >= 4 is 34.4 Å². The van der Waals surface area contributed by atoms with Crippen LogP contribution in [0.3, 0.4) is 0 Å². The lowest BCUT2D eigenvalue weighted by Crippen LogP contribution is -2.36. The van der Waals surface area contributed by atoms with Gasteiger partial charge in [0.05, 0.1) is 25.1 Å². The van der Waals surface area contributed by atoms with Gasteiger partial charge in [-0.05, 0) is 18.2 Å². The van der Waals surface area contributed by atoms with Crippen LogP contribution in [0.1, 0.15) is 6.42 Å². The molecule has 3 aromatic heterocycles. The Hall–Kier alpha value is -3.20. The van der Waals surface area contributed by atoms with E-state index in [4.69, 9.17) is 10.5 Å². The smallest absolute Gasteiger partial charge is 0.229 e. The minimum absolute atomic E-state index is 0.267. The molecule has 4 rings (SSSR count). The number of ether oxygens (including phenoxy) is 1. The highest BCUT2D eigenvalue weighted by Gasteiger charge is 2.12. The van der Waals surface area contributed by atoms with E-state index in [0.29, 0.717) is 12.5 Å². The third-order valence-corrected chi connectivity index (χ3v) is 4.44. The molecule has 0 saturated carbocycles. The third-order valence-electron chi connectivity index (χ3n) is 4.44. The van der Waals surface area contributed by atoms with Crippen LogP contribution in [0, 0.1) is 0 Å². The molecule has 0 aromatic carbocycles. The van der Waals surface area contributed by atoms with Crippen molar-refractivity contribution in [1.29, 1.82) is 0 Å². The second-order valence-corrected chi connectivity index (χ2v) is 6.33. The molecule has 1 aliphatic heterocycles. The number of nitrogens with one attached hydrogen (secondary N) is 1. The summed E-state index contributed by atoms with van der Waals surface area (Å²) in [6, 6.07) is 5.85. The van der Waals surface area contributed by atoms with E-state index in [0.717, 1.165) is 48.8 Å². The average Bonchev–Trinajstić information content (AvgIpc) is 3.10. The first-order valence-electron chi connectivity index (χ1n) is 8.85. The van der Waals surface area contributed by atoms with E-state index in [1.807, 2.05) is 29.0 Å². The lowest BCUT2D eigenvalue weighted by molar-refractivity contribution is -0.118. The molecule has 9 nitrogen and oxygen atoms in total. The van der Waals surface area contributed by atoms with Crippen molar-refractivity contribution in [2.24, 2.45) is 5.73 Å². The number of primary amides is 1. The fraction of sp³-hybridized carbons (Fsp3) is 0.333. The predicted octanol–water partition coefficient (Wildman–Crippen LogP) is 1.28. The van der Waals surface area contributed by atoms with Crippen molar-refractivity contribution in [3.8, 4) is 0 Å². The van der Waals surface area contributed by atoms with Gasteiger partial charge in [0.2, 0.25) is 11.9 Å². The van der Waals surface area contributed by atoms with Gasteiger partial charge in [-0.25, -0.2) is 9.97 Å². The van der Waals surface area contributed by atoms with Gasteiger partial charge in [0, 0.05) is 43.8 Å². The summed E-state index contributed by atoms with van der Waals surface area (Å²) in [7, 11) is 0. The van der Waals surface area contributed by atoms with E-state index in [-0.39, 0.29) is 12.3 Å². The molecule has 1 aliphatic rings. The Labute approximate surface area is 156 Å². The van der Waals surface area contributed by atoms with E-state index in [2.05, 4.69) is 25.2 Å². The van der Waals surface area contributed by atoms with Crippen molar-refractivity contribution in [1.82, 2.24) is 19.5 Å². The molecule has 0 aliphatic carbocycles. The molecule has 1 fully saturated rings. The highest BCUT2D eigenvalue weighted by atomic mass is 16.5. The lowest BCUT2D eigenvalue weighted by atomic mass is 10.3. The summed E-state index contributed by atoms with van der Waals surface area (Å²) in [6.45, 7) is 3.64. The van der Waals surface area contributed by atoms with Crippen molar-refractivity contribution in [3.05, 3.63) is 36.8 Å². The summed E-state index contributed by atoms with van der Waals surface area (Å²) in [4.78, 5) is 26.6. The maximum Gasteiger partial charge on any atom is 0.229 e. The number of fused-ring (bicyclic) bond motifs is 1. The van der Waals surface area contributed by atoms with E-state index >= 15 is 0 Å². The maximum atomic E-state index is 11.0. The second-order valence-electron chi connectivity index (χ2n) is 6.33. The molecule has 140 valence electrons. The molecular weight excluding hydrogens is 346 g/mol. The molecule has 9 heteroatoms. The molecule has 0 spiro atoms. The molecule has 1 amide bonds. The van der Waals surface area contributed by atoms with Crippen LogP contribution in [0.15, 0.2) is 36.8 Å². The summed E-state index contributed by atoms with van der Waals surface area (Å²) in [6.07, 6.45) is 5.67. The fourth-order valence-electron chi connectivity index (χ4n) is 3.01. The number of carbonyl (C=O) groups excluding carboxylic acids is 1. The molecule has 27 heavy (non-hydrogen) atoms. The topological polar surface area (TPSA) is 111 Å². The Balaban J connectivity index is 1.49. The number of nitrogens with two attached hydrogens (primary N) is 1. The molecular formula is C18H21N7O2. The largest absolute Gasteiger partial charge is 0.378 e. The van der Waals surface area contributed by atoms with Crippen LogP contribution < -0.4 is 16.0 Å². The summed E-state index contributed by atoms with van der Waals surface area (Å²) in [5.74, 6) is 1.07. The molecule has 0 atom stereocenters. The van der Waals surface area contributed by atoms with Gasteiger partial charge in [-0.1, -0.05) is 0 Å². The van der Waals surface area contributed by atoms with E-state index in [1.165, 1.54) is 0 Å². The molecule has 0 unspecified atom stereocenters. The zero-order valence-corrected chi connectivity index (χ0v) is 14.8. The van der Waals surface area contributed by atoms with Gasteiger partial charge in [0.1, 0.15) is 11.5 Å². The molecule has 4 heterocycles. The van der Waals surface area contributed by atoms with Crippen LogP contribution in [0.25, 0.3) is 11.0 Å². The number of anilines is 3. The number of hydrogen-bond acceptors (Lipinski definition) is 7. The van der Waals surface area contributed by atoms with E-state index in [1.54, 1.807) is 12.4 Å². The zero-order chi connectivity index (χ0) is 18.6. The standard InChI is InChI=1S/C18H21N7O2/c19-15(26)4-6-25-5-3-13-11-21-18(23-17(13)25)22-14-1-2-16(20-12-14)24-7-9-27-10-8-24/h1-3,5,11-12H,4,6-10H2,(H2,19,26)(H,21,22,23). The van der Waals surface area contributed by atoms with Crippen LogP contribution in [0.4, 0.5) is 17.5 Å². The van der Waals surface area contributed by atoms with Gasteiger partial charge < -0.3 is 25.3 Å². The Kier molecular flexibility index (Phi) is 4.84. The van der Waals surface area contributed by atoms with Crippen LogP contribution in [-0.4, -0.2) is 51.7 Å². The number of pyridine rings is 1. The van der Waals surface area contributed by atoms with Gasteiger partial charge in [0.15, 0.2) is 0 Å². The van der Waals surface area contributed by atoms with Crippen molar-refractivity contribution in [2.75, 3.05) is 36.5 Å². The lowest BCUT2D eigenvalue weighted by Gasteiger charge is -2.27. The summed E-state index contributed by atoms with van der Waals surface area (Å²) in [5.41, 5.74) is 6.80. The predicted molar refractivity (Wildman–Crippen MR) is 102 cm³/mol. The number of carbonyl (C=O) groups is 1. The first kappa shape index (κ1) is 17.2. The summed E-state index contributed by atoms with van der Waals surface area (Å²) < 4.78 is 7.26. The molecule has 0 bridgehead atoms. The highest BCUT2D eigenvalue weighted by molar-refractivity contribution is 5.77. The second kappa shape index (κ2) is 7.58. The van der Waals surface area contributed by atoms with Crippen molar-refractivity contribution in [3.63, 3.8) is 0 Å². The highest BCUT2D eigenvalue weighted by Crippen LogP contribution is 2.20. The first-order valence-corrected chi connectivity index (χ1v) is 8.85. The number of amides is 1. The number of aryl methyl sites for hydroxylation is 1. The molecule has 3 N–H and O–H groups in total. The van der Waals surface area contributed by atoms with Gasteiger partial charge in [-0.15, -0.1) is 0 Å². The van der Waals surface area contributed by atoms with Crippen molar-refractivity contribution in [2.45, 2.75) is 13.0 Å². The third kappa shape index (κ3) is 3.98. The zero-order valence-electron chi connectivity index (χ0n) is 14.8. The number of aromatic nitrogens is 4. The SMILES string of the molecule is NC(=O)CCn1ccc2cnc(Nc3ccc(N4CCOCC4)nc3)nc21. The van der Waals surface area contributed by atoms with Crippen LogP contribution in [0.2, 0.25) is 0 Å². The maximum absolute atomic E-state index is 11.0. The van der Waals surface area contributed by atoms with Gasteiger partial charge in [0.25, 0.3) is 0 Å². The summed E-state index contributed by atoms with van der Waals surface area (Å²) >= 11 is 0. The first-order chi connectivity index (χ1) is 13.2. The normalized spacial score (nSPS) is 14.4. The molecule has 0 radical (unpaired) electrons. The fourth-order valence-corrected chi connectivity index (χ4v) is 3.01. The number of hydrogen-bond donors (Lipinski definition) is 2. The minimum atomic E-state index is -0.337. The minimum Gasteiger partial charge on any atom is -0.378 e. The monoisotopic (exact) mass is 367 g/mol. The van der Waals surface area contributed by atoms with E-state index in [9.17, 15) is 4.79 Å². The Morgan fingerprint density at radius 3 is 2.78 bits per heavy atom. The summed E-state index contributed by atoms with van der Waals surface area (Å²) in [5, 5.41) is 4.08. The Morgan fingerprint density at radius 2 is 2.04 bits per heavy atom. The van der Waals surface area contributed by atoms with Gasteiger partial charge >= 0.3 is 0 Å². The van der Waals surface area contributed by atoms with Gasteiger partial charge in [-0.3, -0.25) is 4.79 Å². The molecule has 1 saturated heterocycles. The number of nitrogens with zero attached hydrogens (tertiary/aromatic N) is 5. The Morgan fingerprint density at radius 1 is 1.19 bits per heavy atom.